The molecule has 170 valence electrons. The second-order valence-electron chi connectivity index (χ2n) is 9.21. The summed E-state index contributed by atoms with van der Waals surface area (Å²) in [5.74, 6) is 0.148. The highest BCUT2D eigenvalue weighted by Crippen LogP contribution is 2.25. The number of halogens is 1. The van der Waals surface area contributed by atoms with Gasteiger partial charge in [-0.2, -0.15) is 4.98 Å². The summed E-state index contributed by atoms with van der Waals surface area (Å²) in [4.78, 5) is 29.3. The third-order valence-corrected chi connectivity index (χ3v) is 6.35. The van der Waals surface area contributed by atoms with Crippen LogP contribution in [0.2, 0.25) is 0 Å². The highest BCUT2D eigenvalue weighted by molar-refractivity contribution is 5.75. The summed E-state index contributed by atoms with van der Waals surface area (Å²) in [5, 5.41) is 3.44. The largest absolute Gasteiger partial charge is 0.351 e. The summed E-state index contributed by atoms with van der Waals surface area (Å²) in [6.07, 6.45) is 6.01. The van der Waals surface area contributed by atoms with Crippen LogP contribution in [-0.2, 0) is 0 Å². The highest BCUT2D eigenvalue weighted by Gasteiger charge is 2.23. The maximum absolute atomic E-state index is 14.1. The lowest BCUT2D eigenvalue weighted by atomic mass is 9.91. The lowest BCUT2D eigenvalue weighted by molar-refractivity contribution is 0.221. The molecule has 2 aromatic heterocycles. The van der Waals surface area contributed by atoms with E-state index in [2.05, 4.69) is 39.3 Å². The van der Waals surface area contributed by atoms with Gasteiger partial charge in [-0.15, -0.1) is 0 Å². The number of benzene rings is 1. The maximum atomic E-state index is 14.1. The van der Waals surface area contributed by atoms with Crippen molar-refractivity contribution in [1.82, 2.24) is 24.4 Å². The Morgan fingerprint density at radius 1 is 1.16 bits per heavy atom. The van der Waals surface area contributed by atoms with Crippen LogP contribution in [0.3, 0.4) is 0 Å². The van der Waals surface area contributed by atoms with E-state index in [-0.39, 0.29) is 23.1 Å². The number of aromatic nitrogens is 4. The number of rotatable bonds is 5. The zero-order chi connectivity index (χ0) is 23.0. The molecule has 3 aromatic rings. The first-order valence-corrected chi connectivity index (χ1v) is 11.2. The summed E-state index contributed by atoms with van der Waals surface area (Å²) >= 11 is 0. The average Bonchev–Trinajstić information content (AvgIpc) is 2.75. The van der Waals surface area contributed by atoms with Gasteiger partial charge >= 0.3 is 0 Å². The molecule has 7 nitrogen and oxygen atoms in total. The Balaban J connectivity index is 1.70. The zero-order valence-corrected chi connectivity index (χ0v) is 19.4. The normalized spacial score (nSPS) is 19.1. The third kappa shape index (κ3) is 4.37. The Morgan fingerprint density at radius 2 is 1.88 bits per heavy atom. The van der Waals surface area contributed by atoms with Gasteiger partial charge in [-0.25, -0.2) is 14.4 Å². The fourth-order valence-electron chi connectivity index (χ4n) is 4.40. The third-order valence-electron chi connectivity index (χ3n) is 6.35. The fourth-order valence-corrected chi connectivity index (χ4v) is 4.40. The summed E-state index contributed by atoms with van der Waals surface area (Å²) < 4.78 is 15.8. The summed E-state index contributed by atoms with van der Waals surface area (Å²) in [7, 11) is 4.25. The fraction of sp³-hybridized carbons (Fsp3) is 0.500. The van der Waals surface area contributed by atoms with Crippen molar-refractivity contribution in [2.24, 2.45) is 0 Å². The number of anilines is 1. The molecular formula is C24H31FN6O. The van der Waals surface area contributed by atoms with Crippen LogP contribution in [0.15, 0.2) is 29.2 Å². The van der Waals surface area contributed by atoms with Crippen LogP contribution in [0.1, 0.15) is 51.1 Å². The van der Waals surface area contributed by atoms with E-state index >= 15 is 0 Å². The van der Waals surface area contributed by atoms with Gasteiger partial charge < -0.3 is 10.2 Å². The number of aryl methyl sites for hydroxylation is 1. The highest BCUT2D eigenvalue weighted by atomic mass is 19.1. The standard InChI is InChI=1S/C24H31FN6O/c1-14(2)31-22-20(28-21(23(31)32)16-7-6-15(3)19(25)12-16)13-26-24(29-22)27-17-8-10-18(11-9-17)30(4)5/h6-7,12-14,17-18H,8-11H2,1-5H3,(H,26,27,29). The quantitative estimate of drug-likeness (QED) is 0.644. The predicted octanol–water partition coefficient (Wildman–Crippen LogP) is 4.17. The Bertz CT molecular complexity index is 1180. The summed E-state index contributed by atoms with van der Waals surface area (Å²) in [6.45, 7) is 5.55. The topological polar surface area (TPSA) is 75.9 Å². The van der Waals surface area contributed by atoms with Gasteiger partial charge in [-0.3, -0.25) is 9.36 Å². The molecule has 1 fully saturated rings. The number of nitrogens with zero attached hydrogens (tertiary/aromatic N) is 5. The minimum atomic E-state index is -0.361. The first kappa shape index (κ1) is 22.3. The van der Waals surface area contributed by atoms with Crippen molar-refractivity contribution in [3.63, 3.8) is 0 Å². The second-order valence-corrected chi connectivity index (χ2v) is 9.21. The molecule has 1 aliphatic carbocycles. The molecule has 0 spiro atoms. The molecule has 1 N–H and O–H groups in total. The van der Waals surface area contributed by atoms with Crippen LogP contribution >= 0.6 is 0 Å². The minimum Gasteiger partial charge on any atom is -0.351 e. The molecule has 0 radical (unpaired) electrons. The molecule has 0 bridgehead atoms. The van der Waals surface area contributed by atoms with E-state index in [0.717, 1.165) is 25.7 Å². The van der Waals surface area contributed by atoms with Crippen molar-refractivity contribution >= 4 is 17.1 Å². The van der Waals surface area contributed by atoms with Crippen molar-refractivity contribution in [2.45, 2.75) is 64.6 Å². The smallest absolute Gasteiger partial charge is 0.278 e. The zero-order valence-electron chi connectivity index (χ0n) is 19.4. The molecule has 1 saturated carbocycles. The molecule has 0 saturated heterocycles. The van der Waals surface area contributed by atoms with Crippen molar-refractivity contribution in [3.05, 3.63) is 46.1 Å². The first-order chi connectivity index (χ1) is 15.2. The van der Waals surface area contributed by atoms with Gasteiger partial charge in [0.05, 0.1) is 6.20 Å². The molecule has 1 aromatic carbocycles. The van der Waals surface area contributed by atoms with Crippen LogP contribution in [-0.4, -0.2) is 50.6 Å². The SMILES string of the molecule is Cc1ccc(-c2nc3cnc(NC4CCC(N(C)C)CC4)nc3n(C(C)C)c2=O)cc1F. The number of fused-ring (bicyclic) bond motifs is 1. The van der Waals surface area contributed by atoms with Crippen LogP contribution in [0, 0.1) is 12.7 Å². The lowest BCUT2D eigenvalue weighted by Crippen LogP contribution is -2.36. The maximum Gasteiger partial charge on any atom is 0.278 e. The molecule has 32 heavy (non-hydrogen) atoms. The molecule has 1 aliphatic rings. The minimum absolute atomic E-state index is 0.139. The molecule has 0 unspecified atom stereocenters. The van der Waals surface area contributed by atoms with Crippen molar-refractivity contribution in [1.29, 1.82) is 0 Å². The van der Waals surface area contributed by atoms with E-state index in [1.807, 2.05) is 13.8 Å². The number of hydrogen-bond donors (Lipinski definition) is 1. The molecule has 0 amide bonds. The van der Waals surface area contributed by atoms with Crippen molar-refractivity contribution < 1.29 is 4.39 Å². The van der Waals surface area contributed by atoms with E-state index in [0.29, 0.717) is 40.3 Å². The van der Waals surface area contributed by atoms with E-state index < -0.39 is 0 Å². The van der Waals surface area contributed by atoms with Crippen LogP contribution in [0.25, 0.3) is 22.4 Å². The number of nitrogens with one attached hydrogen (secondary N) is 1. The Kier molecular flexibility index (Phi) is 6.24. The lowest BCUT2D eigenvalue weighted by Gasteiger charge is -2.32. The molecule has 0 aliphatic heterocycles. The van der Waals surface area contributed by atoms with Gasteiger partial charge in [0.1, 0.15) is 17.0 Å². The molecule has 8 heteroatoms. The molecular weight excluding hydrogens is 407 g/mol. The molecule has 2 heterocycles. The number of hydrogen-bond acceptors (Lipinski definition) is 6. The Labute approximate surface area is 187 Å². The van der Waals surface area contributed by atoms with Crippen molar-refractivity contribution in [3.8, 4) is 11.3 Å². The van der Waals surface area contributed by atoms with Crippen LogP contribution in [0.4, 0.5) is 10.3 Å². The predicted molar refractivity (Wildman–Crippen MR) is 125 cm³/mol. The van der Waals surface area contributed by atoms with Crippen LogP contribution in [0.5, 0.6) is 0 Å². The van der Waals surface area contributed by atoms with Gasteiger partial charge in [-0.05, 0) is 72.2 Å². The average molecular weight is 439 g/mol. The van der Waals surface area contributed by atoms with E-state index in [4.69, 9.17) is 0 Å². The molecule has 4 rings (SSSR count). The molecule has 0 atom stereocenters. The summed E-state index contributed by atoms with van der Waals surface area (Å²) in [6, 6.07) is 5.53. The Morgan fingerprint density at radius 3 is 2.50 bits per heavy atom. The first-order valence-electron chi connectivity index (χ1n) is 11.2. The van der Waals surface area contributed by atoms with Crippen LogP contribution < -0.4 is 10.9 Å². The Hall–Kier alpha value is -2.87. The van der Waals surface area contributed by atoms with Gasteiger partial charge in [0.15, 0.2) is 5.65 Å². The van der Waals surface area contributed by atoms with Gasteiger partial charge in [-0.1, -0.05) is 12.1 Å². The van der Waals surface area contributed by atoms with Gasteiger partial charge in [0, 0.05) is 23.7 Å². The van der Waals surface area contributed by atoms with Gasteiger partial charge in [0.25, 0.3) is 5.56 Å². The monoisotopic (exact) mass is 438 g/mol. The van der Waals surface area contributed by atoms with E-state index in [1.165, 1.54) is 6.07 Å². The second kappa shape index (κ2) is 8.94. The van der Waals surface area contributed by atoms with E-state index in [9.17, 15) is 9.18 Å². The van der Waals surface area contributed by atoms with Crippen molar-refractivity contribution in [2.75, 3.05) is 19.4 Å². The van der Waals surface area contributed by atoms with E-state index in [1.54, 1.807) is 29.8 Å². The summed E-state index contributed by atoms with van der Waals surface area (Å²) in [5.41, 5.74) is 1.90. The van der Waals surface area contributed by atoms with Gasteiger partial charge in [0.2, 0.25) is 5.95 Å².